The fourth-order valence-corrected chi connectivity index (χ4v) is 2.85. The van der Waals surface area contributed by atoms with Gasteiger partial charge < -0.3 is 10.5 Å². The molecule has 18 heavy (non-hydrogen) atoms. The molecule has 0 amide bonds. The maximum absolute atomic E-state index is 5.74. The van der Waals surface area contributed by atoms with E-state index in [1.807, 2.05) is 25.1 Å². The van der Waals surface area contributed by atoms with Crippen LogP contribution < -0.4 is 10.5 Å². The molecule has 0 bridgehead atoms. The molecule has 1 aromatic heterocycles. The van der Waals surface area contributed by atoms with Crippen LogP contribution >= 0.6 is 11.3 Å². The molecule has 2 aromatic rings. The van der Waals surface area contributed by atoms with Crippen LogP contribution in [-0.4, -0.2) is 11.6 Å². The first-order chi connectivity index (χ1) is 8.78. The van der Waals surface area contributed by atoms with Crippen molar-refractivity contribution in [2.45, 2.75) is 26.8 Å². The highest BCUT2D eigenvalue weighted by molar-refractivity contribution is 7.15. The number of aryl methyl sites for hydroxylation is 1. The molecular formula is C14H18N2OS. The van der Waals surface area contributed by atoms with Gasteiger partial charge in [-0.05, 0) is 25.5 Å². The summed E-state index contributed by atoms with van der Waals surface area (Å²) < 4.78 is 5.51. The van der Waals surface area contributed by atoms with E-state index >= 15 is 0 Å². The second-order valence-electron chi connectivity index (χ2n) is 3.91. The molecule has 2 rings (SSSR count). The lowest BCUT2D eigenvalue weighted by Crippen LogP contribution is -1.96. The van der Waals surface area contributed by atoms with Crippen molar-refractivity contribution in [1.82, 2.24) is 4.98 Å². The predicted octanol–water partition coefficient (Wildman–Crippen LogP) is 3.23. The Balaban J connectivity index is 2.35. The van der Waals surface area contributed by atoms with Crippen LogP contribution in [0.2, 0.25) is 0 Å². The summed E-state index contributed by atoms with van der Waals surface area (Å²) in [6.07, 6.45) is 0.925. The van der Waals surface area contributed by atoms with Crippen molar-refractivity contribution < 1.29 is 4.74 Å². The molecule has 2 N–H and O–H groups in total. The van der Waals surface area contributed by atoms with E-state index < -0.39 is 0 Å². The van der Waals surface area contributed by atoms with E-state index in [0.29, 0.717) is 13.2 Å². The van der Waals surface area contributed by atoms with Crippen molar-refractivity contribution in [1.29, 1.82) is 0 Å². The minimum Gasteiger partial charge on any atom is -0.494 e. The smallest absolute Gasteiger partial charge is 0.124 e. The van der Waals surface area contributed by atoms with Gasteiger partial charge in [-0.15, -0.1) is 11.3 Å². The van der Waals surface area contributed by atoms with Crippen LogP contribution in [0.5, 0.6) is 5.75 Å². The zero-order valence-electron chi connectivity index (χ0n) is 10.8. The third kappa shape index (κ3) is 2.71. The van der Waals surface area contributed by atoms with E-state index in [9.17, 15) is 0 Å². The summed E-state index contributed by atoms with van der Waals surface area (Å²) in [5.41, 5.74) is 7.95. The zero-order chi connectivity index (χ0) is 13.0. The molecular weight excluding hydrogens is 244 g/mol. The van der Waals surface area contributed by atoms with Gasteiger partial charge in [-0.25, -0.2) is 4.98 Å². The molecule has 0 fully saturated rings. The summed E-state index contributed by atoms with van der Waals surface area (Å²) in [5.74, 6) is 0.887. The van der Waals surface area contributed by atoms with Crippen molar-refractivity contribution in [3.05, 3.63) is 34.8 Å². The minimum absolute atomic E-state index is 0.561. The third-order valence-corrected chi connectivity index (χ3v) is 3.86. The average molecular weight is 262 g/mol. The first-order valence-corrected chi connectivity index (χ1v) is 7.02. The van der Waals surface area contributed by atoms with Gasteiger partial charge in [0.2, 0.25) is 0 Å². The number of rotatable bonds is 5. The van der Waals surface area contributed by atoms with Gasteiger partial charge in [0.15, 0.2) is 0 Å². The van der Waals surface area contributed by atoms with E-state index in [-0.39, 0.29) is 0 Å². The molecule has 4 heteroatoms. The summed E-state index contributed by atoms with van der Waals surface area (Å²) in [6, 6.07) is 8.05. The Morgan fingerprint density at radius 3 is 2.78 bits per heavy atom. The average Bonchev–Trinajstić information content (AvgIpc) is 2.82. The molecule has 1 heterocycles. The molecule has 1 aromatic carbocycles. The molecule has 0 saturated heterocycles. The number of nitrogens with zero attached hydrogens (tertiary/aromatic N) is 1. The maximum Gasteiger partial charge on any atom is 0.124 e. The van der Waals surface area contributed by atoms with Crippen LogP contribution in [0.25, 0.3) is 10.6 Å². The Bertz CT molecular complexity index is 501. The topological polar surface area (TPSA) is 48.1 Å². The molecule has 0 atom stereocenters. The lowest BCUT2D eigenvalue weighted by atomic mass is 10.2. The number of thiazole rings is 1. The van der Waals surface area contributed by atoms with Crippen molar-refractivity contribution in [3.8, 4) is 16.3 Å². The van der Waals surface area contributed by atoms with Crippen molar-refractivity contribution >= 4 is 11.3 Å². The molecule has 3 nitrogen and oxygen atoms in total. The number of ether oxygens (including phenoxy) is 1. The Morgan fingerprint density at radius 1 is 1.33 bits per heavy atom. The zero-order valence-corrected chi connectivity index (χ0v) is 11.6. The molecule has 0 spiro atoms. The highest BCUT2D eigenvalue weighted by atomic mass is 32.1. The second kappa shape index (κ2) is 5.98. The van der Waals surface area contributed by atoms with Gasteiger partial charge in [0.05, 0.1) is 12.3 Å². The molecule has 0 saturated carbocycles. The van der Waals surface area contributed by atoms with Crippen molar-refractivity contribution in [2.24, 2.45) is 5.73 Å². The quantitative estimate of drug-likeness (QED) is 0.900. The second-order valence-corrected chi connectivity index (χ2v) is 4.99. The normalized spacial score (nSPS) is 10.6. The molecule has 0 radical (unpaired) electrons. The van der Waals surface area contributed by atoms with E-state index in [0.717, 1.165) is 28.4 Å². The van der Waals surface area contributed by atoms with Crippen LogP contribution in [0.4, 0.5) is 0 Å². The highest BCUT2D eigenvalue weighted by Crippen LogP contribution is 2.30. The molecule has 0 unspecified atom stereocenters. The fraction of sp³-hybridized carbons (Fsp3) is 0.357. The van der Waals surface area contributed by atoms with Crippen LogP contribution in [0.15, 0.2) is 24.3 Å². The highest BCUT2D eigenvalue weighted by Gasteiger charge is 2.10. The number of nitrogens with two attached hydrogens (primary N) is 1. The maximum atomic E-state index is 5.74. The molecule has 0 aliphatic heterocycles. The summed E-state index contributed by atoms with van der Waals surface area (Å²) in [7, 11) is 0. The molecule has 96 valence electrons. The van der Waals surface area contributed by atoms with Gasteiger partial charge in [-0.1, -0.05) is 19.1 Å². The Labute approximate surface area is 112 Å². The minimum atomic E-state index is 0.561. The fourth-order valence-electron chi connectivity index (χ4n) is 1.83. The molecule has 0 aliphatic carbocycles. The standard InChI is InChI=1S/C14H18N2OS/c1-3-12-13(9-15)18-14(16-12)10-6-5-7-11(8-10)17-4-2/h5-8H,3-4,9,15H2,1-2H3. The summed E-state index contributed by atoms with van der Waals surface area (Å²) in [6.45, 7) is 5.33. The predicted molar refractivity (Wildman–Crippen MR) is 76.0 cm³/mol. The van der Waals surface area contributed by atoms with Gasteiger partial charge in [0, 0.05) is 17.0 Å². The van der Waals surface area contributed by atoms with Crippen LogP contribution in [0, 0.1) is 0 Å². The van der Waals surface area contributed by atoms with Gasteiger partial charge in [-0.2, -0.15) is 0 Å². The van der Waals surface area contributed by atoms with E-state index in [4.69, 9.17) is 10.5 Å². The first-order valence-electron chi connectivity index (χ1n) is 6.20. The molecule has 0 aliphatic rings. The van der Waals surface area contributed by atoms with E-state index in [2.05, 4.69) is 18.0 Å². The SMILES string of the molecule is CCOc1cccc(-c2nc(CC)c(CN)s2)c1. The number of hydrogen-bond donors (Lipinski definition) is 1. The Kier molecular flexibility index (Phi) is 4.33. The van der Waals surface area contributed by atoms with Crippen molar-refractivity contribution in [2.75, 3.05) is 6.61 Å². The van der Waals surface area contributed by atoms with Crippen LogP contribution in [0.1, 0.15) is 24.4 Å². The number of hydrogen-bond acceptors (Lipinski definition) is 4. The van der Waals surface area contributed by atoms with E-state index in [1.165, 1.54) is 4.88 Å². The number of aromatic nitrogens is 1. The van der Waals surface area contributed by atoms with E-state index in [1.54, 1.807) is 11.3 Å². The van der Waals surface area contributed by atoms with Gasteiger partial charge in [0.25, 0.3) is 0 Å². The number of benzene rings is 1. The van der Waals surface area contributed by atoms with Crippen molar-refractivity contribution in [3.63, 3.8) is 0 Å². The Morgan fingerprint density at radius 2 is 2.17 bits per heavy atom. The van der Waals surface area contributed by atoms with Crippen LogP contribution in [0.3, 0.4) is 0 Å². The first kappa shape index (κ1) is 13.1. The monoisotopic (exact) mass is 262 g/mol. The van der Waals surface area contributed by atoms with Gasteiger partial charge in [0.1, 0.15) is 10.8 Å². The summed E-state index contributed by atoms with van der Waals surface area (Å²) in [5, 5.41) is 1.02. The summed E-state index contributed by atoms with van der Waals surface area (Å²) in [4.78, 5) is 5.83. The third-order valence-electron chi connectivity index (χ3n) is 2.69. The van der Waals surface area contributed by atoms with Crippen LogP contribution in [-0.2, 0) is 13.0 Å². The Hall–Kier alpha value is -1.39. The largest absolute Gasteiger partial charge is 0.494 e. The lowest BCUT2D eigenvalue weighted by molar-refractivity contribution is 0.340. The lowest BCUT2D eigenvalue weighted by Gasteiger charge is -2.03. The summed E-state index contributed by atoms with van der Waals surface area (Å²) >= 11 is 1.67. The van der Waals surface area contributed by atoms with Gasteiger partial charge in [-0.3, -0.25) is 0 Å². The van der Waals surface area contributed by atoms with Gasteiger partial charge >= 0.3 is 0 Å².